The van der Waals surface area contributed by atoms with E-state index in [2.05, 4.69) is 22.8 Å². The number of aryl methyl sites for hydroxylation is 1. The summed E-state index contributed by atoms with van der Waals surface area (Å²) >= 11 is 1.32. The molecule has 0 saturated carbocycles. The van der Waals surface area contributed by atoms with E-state index in [1.54, 1.807) is 42.1 Å². The first-order chi connectivity index (χ1) is 21.9. The number of allylic oxidation sites excluding steroid dienone is 1. The van der Waals surface area contributed by atoms with Crippen LogP contribution in [0.5, 0.6) is 11.5 Å². The van der Waals surface area contributed by atoms with Crippen molar-refractivity contribution in [2.75, 3.05) is 17.7 Å². The standard InChI is InChI=1S/C35H32FN5O3S/c1-22-15-17-24(18-16-22)20-44-27-11-8-10-25(19-27)32-31(33(42)38-29-13-6-7-14-30(29)43-3)23(2)37-34-39-35(40-41(32)34)45-21-26-9-4-5-12-28(26)36/h4-19,32H,20-21H2,1-3H3,(H,38,42)(H,37,39,40). The number of carbonyl (C=O) groups is 1. The van der Waals surface area contributed by atoms with Gasteiger partial charge >= 0.3 is 0 Å². The van der Waals surface area contributed by atoms with Crippen LogP contribution in [0, 0.1) is 12.7 Å². The van der Waals surface area contributed by atoms with Crippen LogP contribution in [0.1, 0.15) is 35.2 Å². The van der Waals surface area contributed by atoms with Crippen molar-refractivity contribution in [1.29, 1.82) is 0 Å². The third kappa shape index (κ3) is 6.71. The minimum Gasteiger partial charge on any atom is -0.495 e. The number of hydrogen-bond acceptors (Lipinski definition) is 7. The average molecular weight is 622 g/mol. The van der Waals surface area contributed by atoms with Crippen molar-refractivity contribution in [3.63, 3.8) is 0 Å². The van der Waals surface area contributed by atoms with Gasteiger partial charge in [-0.25, -0.2) is 9.07 Å². The number of para-hydroxylation sites is 2. The highest BCUT2D eigenvalue weighted by molar-refractivity contribution is 7.98. The first-order valence-corrected chi connectivity index (χ1v) is 15.4. The number of benzene rings is 4. The summed E-state index contributed by atoms with van der Waals surface area (Å²) in [4.78, 5) is 18.7. The normalized spacial score (nSPS) is 14.0. The first kappa shape index (κ1) is 30.0. The Morgan fingerprint density at radius 1 is 1.00 bits per heavy atom. The van der Waals surface area contributed by atoms with Gasteiger partial charge in [0.25, 0.3) is 5.91 Å². The lowest BCUT2D eigenvalue weighted by Crippen LogP contribution is -2.31. The summed E-state index contributed by atoms with van der Waals surface area (Å²) in [5.41, 5.74) is 5.22. The van der Waals surface area contributed by atoms with E-state index in [4.69, 9.17) is 19.6 Å². The van der Waals surface area contributed by atoms with E-state index >= 15 is 0 Å². The van der Waals surface area contributed by atoms with E-state index < -0.39 is 6.04 Å². The number of halogens is 1. The number of methoxy groups -OCH3 is 1. The maximum Gasteiger partial charge on any atom is 0.255 e. The minimum absolute atomic E-state index is 0.278. The summed E-state index contributed by atoms with van der Waals surface area (Å²) in [7, 11) is 1.56. The van der Waals surface area contributed by atoms with Crippen LogP contribution in [-0.2, 0) is 17.2 Å². The molecule has 1 amide bonds. The fourth-order valence-electron chi connectivity index (χ4n) is 5.12. The van der Waals surface area contributed by atoms with Crippen molar-refractivity contribution < 1.29 is 18.7 Å². The smallest absolute Gasteiger partial charge is 0.255 e. The molecular formula is C35H32FN5O3S. The molecule has 0 radical (unpaired) electrons. The fourth-order valence-corrected chi connectivity index (χ4v) is 5.93. The molecule has 4 aromatic carbocycles. The van der Waals surface area contributed by atoms with Gasteiger partial charge in [-0.3, -0.25) is 4.79 Å². The molecule has 2 N–H and O–H groups in total. The van der Waals surface area contributed by atoms with Gasteiger partial charge in [0, 0.05) is 11.4 Å². The lowest BCUT2D eigenvalue weighted by atomic mass is 9.94. The lowest BCUT2D eigenvalue weighted by Gasteiger charge is -2.29. The van der Waals surface area contributed by atoms with Crippen molar-refractivity contribution in [1.82, 2.24) is 14.8 Å². The molecule has 1 aliphatic heterocycles. The molecule has 0 fully saturated rings. The molecule has 2 heterocycles. The predicted molar refractivity (Wildman–Crippen MR) is 174 cm³/mol. The Hall–Kier alpha value is -5.09. The number of nitrogens with zero attached hydrogens (tertiary/aromatic N) is 3. The molecule has 45 heavy (non-hydrogen) atoms. The highest BCUT2D eigenvalue weighted by Gasteiger charge is 2.35. The second-order valence-corrected chi connectivity index (χ2v) is 11.6. The molecule has 8 nitrogen and oxygen atoms in total. The zero-order chi connectivity index (χ0) is 31.3. The SMILES string of the molecule is COc1ccccc1NC(=O)C1=C(C)Nc2nc(SCc3ccccc3F)nn2C1c1cccc(OCc2ccc(C)cc2)c1. The summed E-state index contributed by atoms with van der Waals surface area (Å²) in [5.74, 6) is 1.45. The number of ether oxygens (including phenoxy) is 2. The summed E-state index contributed by atoms with van der Waals surface area (Å²) < 4.78 is 27.7. The maximum atomic E-state index is 14.3. The molecule has 1 unspecified atom stereocenters. The van der Waals surface area contributed by atoms with Crippen molar-refractivity contribution in [2.45, 2.75) is 37.4 Å². The average Bonchev–Trinajstić information content (AvgIpc) is 3.46. The molecule has 0 spiro atoms. The molecule has 228 valence electrons. The van der Waals surface area contributed by atoms with E-state index in [1.165, 1.54) is 23.4 Å². The van der Waals surface area contributed by atoms with E-state index in [9.17, 15) is 9.18 Å². The largest absolute Gasteiger partial charge is 0.495 e. The zero-order valence-electron chi connectivity index (χ0n) is 25.1. The summed E-state index contributed by atoms with van der Waals surface area (Å²) in [6.07, 6.45) is 0. The van der Waals surface area contributed by atoms with E-state index in [0.29, 0.717) is 57.5 Å². The van der Waals surface area contributed by atoms with Gasteiger partial charge in [-0.05, 0) is 60.9 Å². The Morgan fingerprint density at radius 2 is 1.78 bits per heavy atom. The van der Waals surface area contributed by atoms with E-state index in [-0.39, 0.29) is 11.7 Å². The van der Waals surface area contributed by atoms with Crippen LogP contribution < -0.4 is 20.1 Å². The van der Waals surface area contributed by atoms with Crippen LogP contribution in [-0.4, -0.2) is 27.8 Å². The molecule has 0 bridgehead atoms. The number of fused-ring (bicyclic) bond motifs is 1. The second kappa shape index (κ2) is 13.3. The van der Waals surface area contributed by atoms with Gasteiger partial charge in [0.15, 0.2) is 0 Å². The summed E-state index contributed by atoms with van der Waals surface area (Å²) in [6, 6.07) is 29.1. The van der Waals surface area contributed by atoms with Crippen LogP contribution in [0.2, 0.25) is 0 Å². The van der Waals surface area contributed by atoms with E-state index in [0.717, 1.165) is 11.1 Å². The Bertz CT molecular complexity index is 1870. The van der Waals surface area contributed by atoms with Crippen molar-refractivity contribution in [3.05, 3.63) is 136 Å². The topological polar surface area (TPSA) is 90.3 Å². The lowest BCUT2D eigenvalue weighted by molar-refractivity contribution is -0.113. The van der Waals surface area contributed by atoms with Gasteiger partial charge in [0.2, 0.25) is 11.1 Å². The van der Waals surface area contributed by atoms with Crippen LogP contribution >= 0.6 is 11.8 Å². The highest BCUT2D eigenvalue weighted by Crippen LogP contribution is 2.38. The van der Waals surface area contributed by atoms with Crippen molar-refractivity contribution in [2.24, 2.45) is 0 Å². The predicted octanol–water partition coefficient (Wildman–Crippen LogP) is 7.53. The molecule has 10 heteroatoms. The third-order valence-corrected chi connectivity index (χ3v) is 8.33. The molecule has 0 saturated heterocycles. The molecule has 5 aromatic rings. The van der Waals surface area contributed by atoms with Crippen LogP contribution in [0.25, 0.3) is 0 Å². The van der Waals surface area contributed by atoms with Gasteiger partial charge < -0.3 is 20.1 Å². The molecule has 1 aliphatic rings. The Labute approximate surface area is 265 Å². The molecule has 6 rings (SSSR count). The number of hydrogen-bond donors (Lipinski definition) is 2. The van der Waals surface area contributed by atoms with Crippen LogP contribution in [0.4, 0.5) is 16.0 Å². The number of rotatable bonds is 10. The number of nitrogens with one attached hydrogen (secondary N) is 2. The Kier molecular flexibility index (Phi) is 8.84. The molecule has 1 atom stereocenters. The van der Waals surface area contributed by atoms with Crippen LogP contribution in [0.15, 0.2) is 113 Å². The Morgan fingerprint density at radius 3 is 2.58 bits per heavy atom. The summed E-state index contributed by atoms with van der Waals surface area (Å²) in [5, 5.41) is 11.5. The molecule has 1 aromatic heterocycles. The van der Waals surface area contributed by atoms with E-state index in [1.807, 2.05) is 62.4 Å². The summed E-state index contributed by atoms with van der Waals surface area (Å²) in [6.45, 7) is 4.29. The number of thioether (sulfide) groups is 1. The van der Waals surface area contributed by atoms with Gasteiger partial charge in [0.1, 0.15) is 30.0 Å². The highest BCUT2D eigenvalue weighted by atomic mass is 32.2. The van der Waals surface area contributed by atoms with Gasteiger partial charge in [-0.2, -0.15) is 4.98 Å². The van der Waals surface area contributed by atoms with Crippen molar-refractivity contribution >= 4 is 29.3 Å². The maximum absolute atomic E-state index is 14.3. The molecule has 0 aliphatic carbocycles. The first-order valence-electron chi connectivity index (χ1n) is 14.4. The van der Waals surface area contributed by atoms with Gasteiger partial charge in [-0.15, -0.1) is 5.10 Å². The number of anilines is 2. The van der Waals surface area contributed by atoms with Crippen molar-refractivity contribution in [3.8, 4) is 11.5 Å². The monoisotopic (exact) mass is 621 g/mol. The minimum atomic E-state index is -0.630. The number of carbonyl (C=O) groups excluding carboxylic acids is 1. The third-order valence-electron chi connectivity index (χ3n) is 7.45. The van der Waals surface area contributed by atoms with Crippen LogP contribution in [0.3, 0.4) is 0 Å². The zero-order valence-corrected chi connectivity index (χ0v) is 25.9. The number of aromatic nitrogens is 3. The van der Waals surface area contributed by atoms with Gasteiger partial charge in [-0.1, -0.05) is 84.1 Å². The number of amides is 1. The quantitative estimate of drug-likeness (QED) is 0.156. The fraction of sp³-hybridized carbons (Fsp3) is 0.171. The second-order valence-electron chi connectivity index (χ2n) is 10.6. The Balaban J connectivity index is 1.34. The molecular weight excluding hydrogens is 589 g/mol. The van der Waals surface area contributed by atoms with Gasteiger partial charge in [0.05, 0.1) is 18.4 Å².